The summed E-state index contributed by atoms with van der Waals surface area (Å²) in [5.41, 5.74) is 4.82. The van der Waals surface area contributed by atoms with Gasteiger partial charge in [0.1, 0.15) is 5.84 Å². The molecule has 0 radical (unpaired) electrons. The second kappa shape index (κ2) is 6.92. The van der Waals surface area contributed by atoms with Gasteiger partial charge in [0, 0.05) is 10.6 Å². The molecule has 0 bridgehead atoms. The van der Waals surface area contributed by atoms with Crippen molar-refractivity contribution in [2.45, 2.75) is 51.5 Å². The third-order valence-corrected chi connectivity index (χ3v) is 3.81. The Kier molecular flexibility index (Phi) is 5.23. The highest BCUT2D eigenvalue weighted by Gasteiger charge is 2.13. The molecule has 0 saturated heterocycles. The number of aryl methyl sites for hydroxylation is 1. The van der Waals surface area contributed by atoms with Crippen molar-refractivity contribution < 1.29 is 0 Å². The van der Waals surface area contributed by atoms with E-state index >= 15 is 0 Å². The first-order chi connectivity index (χ1) is 9.19. The largest absolute Gasteiger partial charge is 0.308 e. The Balaban J connectivity index is 2.22. The molecule has 1 aromatic carbocycles. The van der Waals surface area contributed by atoms with Crippen LogP contribution in [0.5, 0.6) is 0 Å². The van der Waals surface area contributed by atoms with Gasteiger partial charge in [0.25, 0.3) is 0 Å². The molecule has 1 fully saturated rings. The molecule has 3 N–H and O–H groups in total. The molecule has 0 amide bonds. The van der Waals surface area contributed by atoms with Crippen molar-refractivity contribution >= 4 is 17.4 Å². The summed E-state index contributed by atoms with van der Waals surface area (Å²) in [5, 5.41) is 0.721. The Morgan fingerprint density at radius 1 is 1.21 bits per heavy atom. The lowest BCUT2D eigenvalue weighted by Crippen LogP contribution is -2.32. The smallest absolute Gasteiger partial charge is 0.142 e. The van der Waals surface area contributed by atoms with Gasteiger partial charge in [-0.2, -0.15) is 0 Å². The molecule has 1 aliphatic carbocycles. The van der Waals surface area contributed by atoms with Crippen molar-refractivity contribution in [2.24, 2.45) is 10.8 Å². The Labute approximate surface area is 120 Å². The predicted molar refractivity (Wildman–Crippen MR) is 81.5 cm³/mol. The molecule has 0 aliphatic heterocycles. The van der Waals surface area contributed by atoms with Crippen LogP contribution >= 0.6 is 11.6 Å². The van der Waals surface area contributed by atoms with Crippen molar-refractivity contribution in [3.05, 3.63) is 34.3 Å². The zero-order valence-corrected chi connectivity index (χ0v) is 12.2. The quantitative estimate of drug-likeness (QED) is 0.286. The molecule has 1 aliphatic rings. The van der Waals surface area contributed by atoms with Crippen LogP contribution < -0.4 is 11.3 Å². The van der Waals surface area contributed by atoms with Gasteiger partial charge < -0.3 is 5.43 Å². The van der Waals surface area contributed by atoms with Crippen molar-refractivity contribution in [2.75, 3.05) is 0 Å². The second-order valence-corrected chi connectivity index (χ2v) is 5.72. The fourth-order valence-electron chi connectivity index (χ4n) is 2.64. The molecule has 0 aromatic heterocycles. The Morgan fingerprint density at radius 2 is 1.89 bits per heavy atom. The molecule has 19 heavy (non-hydrogen) atoms. The number of hydrogen-bond donors (Lipinski definition) is 2. The average molecular weight is 280 g/mol. The fraction of sp³-hybridized carbons (Fsp3) is 0.533. The average Bonchev–Trinajstić information content (AvgIpc) is 2.63. The number of rotatable bonds is 2. The number of nitrogens with two attached hydrogens (primary N) is 1. The van der Waals surface area contributed by atoms with Gasteiger partial charge in [-0.15, -0.1) is 0 Å². The molecule has 3 nitrogen and oxygen atoms in total. The van der Waals surface area contributed by atoms with Gasteiger partial charge in [-0.25, -0.2) is 5.84 Å². The van der Waals surface area contributed by atoms with Gasteiger partial charge in [-0.05, 0) is 43.5 Å². The van der Waals surface area contributed by atoms with E-state index in [0.717, 1.165) is 34.8 Å². The van der Waals surface area contributed by atoms with Crippen molar-refractivity contribution in [3.63, 3.8) is 0 Å². The Hall–Kier alpha value is -1.06. The first-order valence-corrected chi connectivity index (χ1v) is 7.39. The number of aliphatic imine (C=N–C) groups is 1. The van der Waals surface area contributed by atoms with E-state index in [9.17, 15) is 0 Å². The topological polar surface area (TPSA) is 50.4 Å². The SMILES string of the molecule is Cc1cc(Cl)cc(C(=NC2CCCCCC2)NN)c1. The Bertz CT molecular complexity index is 428. The van der Waals surface area contributed by atoms with Gasteiger partial charge in [0.2, 0.25) is 0 Å². The monoisotopic (exact) mass is 279 g/mol. The summed E-state index contributed by atoms with van der Waals surface area (Å²) in [5.74, 6) is 6.38. The van der Waals surface area contributed by atoms with Gasteiger partial charge in [0.05, 0.1) is 6.04 Å². The molecule has 0 heterocycles. The van der Waals surface area contributed by atoms with Crippen LogP contribution in [0.2, 0.25) is 5.02 Å². The summed E-state index contributed by atoms with van der Waals surface area (Å²) < 4.78 is 0. The van der Waals surface area contributed by atoms with Crippen LogP contribution in [0, 0.1) is 6.92 Å². The lowest BCUT2D eigenvalue weighted by Gasteiger charge is -2.13. The zero-order valence-electron chi connectivity index (χ0n) is 11.5. The van der Waals surface area contributed by atoms with E-state index in [-0.39, 0.29) is 0 Å². The van der Waals surface area contributed by atoms with Crippen molar-refractivity contribution in [1.82, 2.24) is 5.43 Å². The summed E-state index contributed by atoms with van der Waals surface area (Å²) >= 11 is 6.10. The van der Waals surface area contributed by atoms with Gasteiger partial charge >= 0.3 is 0 Å². The van der Waals surface area contributed by atoms with Crippen LogP contribution in [0.15, 0.2) is 23.2 Å². The zero-order chi connectivity index (χ0) is 13.7. The first-order valence-electron chi connectivity index (χ1n) is 7.01. The number of hydrogen-bond acceptors (Lipinski definition) is 2. The third kappa shape index (κ3) is 4.22. The van der Waals surface area contributed by atoms with E-state index in [1.54, 1.807) is 0 Å². The van der Waals surface area contributed by atoms with Gasteiger partial charge in [-0.3, -0.25) is 4.99 Å². The lowest BCUT2D eigenvalue weighted by atomic mass is 10.1. The van der Waals surface area contributed by atoms with Crippen molar-refractivity contribution in [3.8, 4) is 0 Å². The molecule has 2 rings (SSSR count). The molecule has 0 unspecified atom stereocenters. The summed E-state index contributed by atoms with van der Waals surface area (Å²) in [6, 6.07) is 6.28. The van der Waals surface area contributed by atoms with Crippen LogP contribution in [0.1, 0.15) is 49.7 Å². The van der Waals surface area contributed by atoms with Crippen LogP contribution in [0.3, 0.4) is 0 Å². The predicted octanol–water partition coefficient (Wildman–Crippen LogP) is 3.58. The maximum absolute atomic E-state index is 6.10. The molecular weight excluding hydrogens is 258 g/mol. The number of amidine groups is 1. The van der Waals surface area contributed by atoms with Crippen molar-refractivity contribution in [1.29, 1.82) is 0 Å². The molecule has 4 heteroatoms. The standard InChI is InChI=1S/C15H22ClN3/c1-11-8-12(10-13(16)9-11)15(19-17)18-14-6-4-2-3-5-7-14/h8-10,14H,2-7,17H2,1H3,(H,18,19). The summed E-state index contributed by atoms with van der Waals surface area (Å²) in [6.45, 7) is 2.02. The summed E-state index contributed by atoms with van der Waals surface area (Å²) in [4.78, 5) is 4.79. The van der Waals surface area contributed by atoms with E-state index in [2.05, 4.69) is 11.5 Å². The summed E-state index contributed by atoms with van der Waals surface area (Å²) in [7, 11) is 0. The molecule has 104 valence electrons. The molecule has 1 saturated carbocycles. The minimum atomic E-state index is 0.382. The van der Waals surface area contributed by atoms with Crippen LogP contribution in [0.25, 0.3) is 0 Å². The normalized spacial score (nSPS) is 18.2. The minimum absolute atomic E-state index is 0.382. The van der Waals surface area contributed by atoms with E-state index in [1.165, 1.54) is 25.7 Å². The van der Waals surface area contributed by atoms with Gasteiger partial charge in [-0.1, -0.05) is 37.3 Å². The minimum Gasteiger partial charge on any atom is -0.308 e. The highest BCUT2D eigenvalue weighted by Crippen LogP contribution is 2.21. The lowest BCUT2D eigenvalue weighted by molar-refractivity contribution is 0.583. The molecular formula is C15H22ClN3. The maximum Gasteiger partial charge on any atom is 0.142 e. The van der Waals surface area contributed by atoms with E-state index in [4.69, 9.17) is 22.4 Å². The fourth-order valence-corrected chi connectivity index (χ4v) is 2.93. The number of hydrazine groups is 1. The Morgan fingerprint density at radius 3 is 2.47 bits per heavy atom. The van der Waals surface area contributed by atoms with E-state index in [0.29, 0.717) is 6.04 Å². The van der Waals surface area contributed by atoms with Gasteiger partial charge in [0.15, 0.2) is 0 Å². The maximum atomic E-state index is 6.10. The molecule has 0 atom stereocenters. The summed E-state index contributed by atoms with van der Waals surface area (Å²) in [6.07, 6.45) is 7.50. The van der Waals surface area contributed by atoms with Crippen LogP contribution in [0.4, 0.5) is 0 Å². The van der Waals surface area contributed by atoms with E-state index < -0.39 is 0 Å². The van der Waals surface area contributed by atoms with Crippen LogP contribution in [-0.2, 0) is 0 Å². The molecule has 0 spiro atoms. The number of benzene rings is 1. The van der Waals surface area contributed by atoms with Crippen LogP contribution in [-0.4, -0.2) is 11.9 Å². The molecule has 1 aromatic rings. The second-order valence-electron chi connectivity index (χ2n) is 5.28. The highest BCUT2D eigenvalue weighted by atomic mass is 35.5. The number of halogens is 1. The van der Waals surface area contributed by atoms with E-state index in [1.807, 2.05) is 19.1 Å². The first kappa shape index (κ1) is 14.4. The third-order valence-electron chi connectivity index (χ3n) is 3.59. The highest BCUT2D eigenvalue weighted by molar-refractivity contribution is 6.31. The number of nitrogens with one attached hydrogen (secondary N) is 1. The number of nitrogens with zero attached hydrogens (tertiary/aromatic N) is 1.